The van der Waals surface area contributed by atoms with Crippen molar-refractivity contribution < 1.29 is 4.42 Å². The Morgan fingerprint density at radius 2 is 2.00 bits per heavy atom. The molecule has 0 aliphatic carbocycles. The van der Waals surface area contributed by atoms with Crippen LogP contribution in [0.15, 0.2) is 28.7 Å². The molecule has 2 heteroatoms. The van der Waals surface area contributed by atoms with Gasteiger partial charge in [0.2, 0.25) is 0 Å². The van der Waals surface area contributed by atoms with Gasteiger partial charge in [0.05, 0.1) is 6.04 Å². The molecule has 18 heavy (non-hydrogen) atoms. The van der Waals surface area contributed by atoms with Crippen LogP contribution < -0.4 is 5.32 Å². The maximum atomic E-state index is 6.06. The second-order valence-corrected chi connectivity index (χ2v) is 5.24. The van der Waals surface area contributed by atoms with Gasteiger partial charge >= 0.3 is 0 Å². The van der Waals surface area contributed by atoms with E-state index in [1.165, 1.54) is 10.9 Å². The maximum Gasteiger partial charge on any atom is 0.137 e. The van der Waals surface area contributed by atoms with E-state index < -0.39 is 0 Å². The van der Waals surface area contributed by atoms with Crippen LogP contribution in [0.1, 0.15) is 57.4 Å². The summed E-state index contributed by atoms with van der Waals surface area (Å²) < 4.78 is 6.06. The van der Waals surface area contributed by atoms with E-state index in [4.69, 9.17) is 4.42 Å². The van der Waals surface area contributed by atoms with Crippen molar-refractivity contribution in [3.05, 3.63) is 35.6 Å². The molecule has 2 aromatic rings. The van der Waals surface area contributed by atoms with Crippen molar-refractivity contribution in [3.8, 4) is 0 Å². The third kappa shape index (κ3) is 2.59. The predicted molar refractivity (Wildman–Crippen MR) is 77.0 cm³/mol. The molecule has 0 fully saturated rings. The van der Waals surface area contributed by atoms with E-state index in [-0.39, 0.29) is 6.04 Å². The molecule has 2 nitrogen and oxygen atoms in total. The fraction of sp³-hybridized carbons (Fsp3) is 0.500. The first kappa shape index (κ1) is 13.2. The lowest BCUT2D eigenvalue weighted by molar-refractivity contribution is 0.450. The van der Waals surface area contributed by atoms with E-state index in [0.29, 0.717) is 5.92 Å². The Morgan fingerprint density at radius 1 is 1.22 bits per heavy atom. The number of rotatable bonds is 5. The van der Waals surface area contributed by atoms with Crippen LogP contribution in [-0.4, -0.2) is 6.54 Å². The molecule has 0 bridgehead atoms. The summed E-state index contributed by atoms with van der Waals surface area (Å²) in [6, 6.07) is 8.83. The number of benzene rings is 1. The van der Waals surface area contributed by atoms with E-state index in [2.05, 4.69) is 57.3 Å². The first-order chi connectivity index (χ1) is 8.63. The fourth-order valence-corrected chi connectivity index (χ4v) is 2.24. The maximum absolute atomic E-state index is 6.06. The number of fused-ring (bicyclic) bond motifs is 1. The van der Waals surface area contributed by atoms with E-state index in [9.17, 15) is 0 Å². The van der Waals surface area contributed by atoms with E-state index in [0.717, 1.165) is 24.3 Å². The summed E-state index contributed by atoms with van der Waals surface area (Å²) >= 11 is 0. The lowest BCUT2D eigenvalue weighted by atomic mass is 10.0. The zero-order valence-electron chi connectivity index (χ0n) is 11.8. The lowest BCUT2D eigenvalue weighted by Gasteiger charge is -2.09. The summed E-state index contributed by atoms with van der Waals surface area (Å²) in [6.45, 7) is 9.76. The van der Waals surface area contributed by atoms with Crippen LogP contribution in [0.4, 0.5) is 0 Å². The molecule has 0 saturated heterocycles. The third-order valence-corrected chi connectivity index (χ3v) is 3.34. The van der Waals surface area contributed by atoms with Crippen molar-refractivity contribution in [1.82, 2.24) is 5.32 Å². The average Bonchev–Trinajstić information content (AvgIpc) is 2.79. The quantitative estimate of drug-likeness (QED) is 0.831. The smallest absolute Gasteiger partial charge is 0.137 e. The molecule has 0 amide bonds. The predicted octanol–water partition coefficient (Wildman–Crippen LogP) is 4.62. The second kappa shape index (κ2) is 5.57. The van der Waals surface area contributed by atoms with Crippen molar-refractivity contribution in [1.29, 1.82) is 0 Å². The molecule has 98 valence electrons. The summed E-state index contributed by atoms with van der Waals surface area (Å²) in [5, 5.41) is 4.67. The molecular formula is C16H23NO. The minimum atomic E-state index is 0.275. The van der Waals surface area contributed by atoms with Gasteiger partial charge in [-0.3, -0.25) is 0 Å². The second-order valence-electron chi connectivity index (χ2n) is 5.24. The zero-order valence-corrected chi connectivity index (χ0v) is 11.8. The Kier molecular flexibility index (Phi) is 4.07. The molecule has 1 aromatic heterocycles. The summed E-state index contributed by atoms with van der Waals surface area (Å²) in [6.07, 6.45) is 1.14. The molecule has 0 aliphatic rings. The van der Waals surface area contributed by atoms with Crippen LogP contribution in [0.5, 0.6) is 0 Å². The largest absolute Gasteiger partial charge is 0.459 e. The Morgan fingerprint density at radius 3 is 2.67 bits per heavy atom. The summed E-state index contributed by atoms with van der Waals surface area (Å²) in [7, 11) is 0. The zero-order chi connectivity index (χ0) is 13.1. The molecule has 1 unspecified atom stereocenters. The molecule has 1 aromatic carbocycles. The van der Waals surface area contributed by atoms with E-state index >= 15 is 0 Å². The van der Waals surface area contributed by atoms with Crippen LogP contribution in [0.2, 0.25) is 0 Å². The van der Waals surface area contributed by atoms with Crippen molar-refractivity contribution in [2.45, 2.75) is 46.1 Å². The Hall–Kier alpha value is -1.28. The molecule has 1 N–H and O–H groups in total. The van der Waals surface area contributed by atoms with Crippen LogP contribution >= 0.6 is 0 Å². The summed E-state index contributed by atoms with van der Waals surface area (Å²) in [5.74, 6) is 1.53. The first-order valence-corrected chi connectivity index (χ1v) is 6.89. The SMILES string of the molecule is CCCNC(C)c1cc2cccc(C(C)C)c2o1. The lowest BCUT2D eigenvalue weighted by Crippen LogP contribution is -2.18. The number of hydrogen-bond donors (Lipinski definition) is 1. The van der Waals surface area contributed by atoms with Gasteiger partial charge in [0, 0.05) is 5.39 Å². The van der Waals surface area contributed by atoms with Crippen molar-refractivity contribution >= 4 is 11.0 Å². The Bertz CT molecular complexity index is 513. The highest BCUT2D eigenvalue weighted by Gasteiger charge is 2.14. The molecule has 1 heterocycles. The van der Waals surface area contributed by atoms with Gasteiger partial charge in [0.25, 0.3) is 0 Å². The van der Waals surface area contributed by atoms with Gasteiger partial charge in [-0.05, 0) is 37.4 Å². The number of hydrogen-bond acceptors (Lipinski definition) is 2. The molecule has 0 saturated carbocycles. The number of furan rings is 1. The third-order valence-electron chi connectivity index (χ3n) is 3.34. The van der Waals surface area contributed by atoms with Gasteiger partial charge in [-0.2, -0.15) is 0 Å². The van der Waals surface area contributed by atoms with E-state index in [1.807, 2.05) is 0 Å². The molecular weight excluding hydrogens is 222 g/mol. The van der Waals surface area contributed by atoms with Crippen molar-refractivity contribution in [2.75, 3.05) is 6.54 Å². The summed E-state index contributed by atoms with van der Waals surface area (Å²) in [4.78, 5) is 0. The minimum Gasteiger partial charge on any atom is -0.459 e. The highest BCUT2D eigenvalue weighted by atomic mass is 16.3. The van der Waals surface area contributed by atoms with Gasteiger partial charge < -0.3 is 9.73 Å². The monoisotopic (exact) mass is 245 g/mol. The topological polar surface area (TPSA) is 25.2 Å². The first-order valence-electron chi connectivity index (χ1n) is 6.89. The Balaban J connectivity index is 2.35. The highest BCUT2D eigenvalue weighted by Crippen LogP contribution is 2.30. The minimum absolute atomic E-state index is 0.275. The molecule has 2 rings (SSSR count). The van der Waals surface area contributed by atoms with Gasteiger partial charge in [-0.1, -0.05) is 39.0 Å². The fourth-order valence-electron chi connectivity index (χ4n) is 2.24. The number of nitrogens with one attached hydrogen (secondary N) is 1. The molecule has 0 spiro atoms. The van der Waals surface area contributed by atoms with E-state index in [1.54, 1.807) is 0 Å². The van der Waals surface area contributed by atoms with Gasteiger partial charge in [-0.25, -0.2) is 0 Å². The molecule has 0 aliphatic heterocycles. The molecule has 1 atom stereocenters. The van der Waals surface area contributed by atoms with Crippen LogP contribution in [0, 0.1) is 0 Å². The normalized spacial score (nSPS) is 13.4. The summed E-state index contributed by atoms with van der Waals surface area (Å²) in [5.41, 5.74) is 2.34. The van der Waals surface area contributed by atoms with Gasteiger partial charge in [0.1, 0.15) is 11.3 Å². The van der Waals surface area contributed by atoms with Crippen LogP contribution in [0.3, 0.4) is 0 Å². The van der Waals surface area contributed by atoms with Crippen molar-refractivity contribution in [3.63, 3.8) is 0 Å². The van der Waals surface area contributed by atoms with Gasteiger partial charge in [-0.15, -0.1) is 0 Å². The van der Waals surface area contributed by atoms with Crippen LogP contribution in [-0.2, 0) is 0 Å². The van der Waals surface area contributed by atoms with Crippen molar-refractivity contribution in [2.24, 2.45) is 0 Å². The van der Waals surface area contributed by atoms with Crippen LogP contribution in [0.25, 0.3) is 11.0 Å². The number of para-hydroxylation sites is 1. The highest BCUT2D eigenvalue weighted by molar-refractivity contribution is 5.81. The standard InChI is InChI=1S/C16H23NO/c1-5-9-17-12(4)15-10-13-7-6-8-14(11(2)3)16(13)18-15/h6-8,10-12,17H,5,9H2,1-4H3. The molecule has 0 radical (unpaired) electrons. The average molecular weight is 245 g/mol. The van der Waals surface area contributed by atoms with Gasteiger partial charge in [0.15, 0.2) is 0 Å². The Labute approximate surface area is 109 Å².